The van der Waals surface area contributed by atoms with Crippen LogP contribution in [0.15, 0.2) is 18.3 Å². The van der Waals surface area contributed by atoms with Crippen LogP contribution >= 0.6 is 0 Å². The summed E-state index contributed by atoms with van der Waals surface area (Å²) >= 11 is 0. The van der Waals surface area contributed by atoms with Gasteiger partial charge in [0.25, 0.3) is 5.91 Å². The maximum atomic E-state index is 12.8. The van der Waals surface area contributed by atoms with Crippen LogP contribution in [0.3, 0.4) is 0 Å². The molecule has 0 aromatic carbocycles. The second-order valence-electron chi connectivity index (χ2n) is 8.46. The molecule has 2 amide bonds. The molecule has 5 nitrogen and oxygen atoms in total. The molecule has 5 heteroatoms. The molecule has 3 fully saturated rings. The van der Waals surface area contributed by atoms with Gasteiger partial charge in [-0.3, -0.25) is 14.6 Å². The number of rotatable bonds is 3. The van der Waals surface area contributed by atoms with Gasteiger partial charge in [-0.2, -0.15) is 0 Å². The number of carbonyl (C=O) groups excluding carboxylic acids is 2. The number of aromatic nitrogens is 1. The van der Waals surface area contributed by atoms with E-state index >= 15 is 0 Å². The highest BCUT2D eigenvalue weighted by atomic mass is 16.2. The van der Waals surface area contributed by atoms with Gasteiger partial charge in [0.1, 0.15) is 0 Å². The largest absolute Gasteiger partial charge is 0.342 e. The van der Waals surface area contributed by atoms with E-state index in [1.165, 1.54) is 12.8 Å². The Balaban J connectivity index is 1.37. The molecule has 0 atom stereocenters. The topological polar surface area (TPSA) is 53.5 Å². The van der Waals surface area contributed by atoms with Gasteiger partial charge in [0.15, 0.2) is 0 Å². The van der Waals surface area contributed by atoms with Crippen molar-refractivity contribution in [3.8, 4) is 0 Å². The molecule has 2 aliphatic heterocycles. The number of likely N-dealkylation sites (tertiary alicyclic amines) is 2. The van der Waals surface area contributed by atoms with Gasteiger partial charge >= 0.3 is 0 Å². The standard InChI is InChI=1S/C21H29N3O2/c1-16-18(3-2-11-22-16)20(26)23-12-8-21(9-13-23)7-6-19(25)24(14-10-21)15-17-4-5-17/h2-3,11,17H,4-10,12-15H2,1H3. The fourth-order valence-electron chi connectivity index (χ4n) is 4.52. The number of hydrogen-bond acceptors (Lipinski definition) is 3. The molecular formula is C21H29N3O2. The summed E-state index contributed by atoms with van der Waals surface area (Å²) in [7, 11) is 0. The SMILES string of the molecule is Cc1ncccc1C(=O)N1CCC2(CCC(=O)N(CC3CC3)CC2)CC1. The molecule has 2 saturated heterocycles. The molecular weight excluding hydrogens is 326 g/mol. The van der Waals surface area contributed by atoms with Crippen LogP contribution in [0.5, 0.6) is 0 Å². The average molecular weight is 355 g/mol. The average Bonchev–Trinajstić information content (AvgIpc) is 3.48. The Labute approximate surface area is 155 Å². The molecule has 1 aliphatic carbocycles. The van der Waals surface area contributed by atoms with E-state index in [4.69, 9.17) is 0 Å². The monoisotopic (exact) mass is 355 g/mol. The van der Waals surface area contributed by atoms with Crippen molar-refractivity contribution in [1.29, 1.82) is 0 Å². The van der Waals surface area contributed by atoms with Gasteiger partial charge in [0.05, 0.1) is 5.56 Å². The van der Waals surface area contributed by atoms with Gasteiger partial charge in [-0.05, 0) is 68.9 Å². The van der Waals surface area contributed by atoms with Crippen LogP contribution in [-0.2, 0) is 4.79 Å². The number of amides is 2. The third-order valence-corrected chi connectivity index (χ3v) is 6.66. The van der Waals surface area contributed by atoms with Crippen molar-refractivity contribution < 1.29 is 9.59 Å². The van der Waals surface area contributed by atoms with Crippen LogP contribution in [-0.4, -0.2) is 52.8 Å². The summed E-state index contributed by atoms with van der Waals surface area (Å²) in [6.45, 7) is 5.36. The molecule has 0 bridgehead atoms. The quantitative estimate of drug-likeness (QED) is 0.837. The highest BCUT2D eigenvalue weighted by molar-refractivity contribution is 5.95. The van der Waals surface area contributed by atoms with Gasteiger partial charge in [-0.25, -0.2) is 0 Å². The summed E-state index contributed by atoms with van der Waals surface area (Å²) in [4.78, 5) is 33.6. The fraction of sp³-hybridized carbons (Fsp3) is 0.667. The first-order chi connectivity index (χ1) is 12.6. The van der Waals surface area contributed by atoms with E-state index in [9.17, 15) is 9.59 Å². The summed E-state index contributed by atoms with van der Waals surface area (Å²) in [5, 5.41) is 0. The highest BCUT2D eigenvalue weighted by Gasteiger charge is 2.40. The maximum Gasteiger partial charge on any atom is 0.255 e. The third-order valence-electron chi connectivity index (χ3n) is 6.66. The summed E-state index contributed by atoms with van der Waals surface area (Å²) in [5.41, 5.74) is 1.76. The van der Waals surface area contributed by atoms with E-state index in [1.54, 1.807) is 6.20 Å². The van der Waals surface area contributed by atoms with E-state index in [-0.39, 0.29) is 11.3 Å². The minimum absolute atomic E-state index is 0.102. The first kappa shape index (κ1) is 17.5. The van der Waals surface area contributed by atoms with Crippen molar-refractivity contribution in [1.82, 2.24) is 14.8 Å². The van der Waals surface area contributed by atoms with Crippen molar-refractivity contribution in [3.05, 3.63) is 29.6 Å². The zero-order valence-corrected chi connectivity index (χ0v) is 15.7. The minimum Gasteiger partial charge on any atom is -0.342 e. The molecule has 0 unspecified atom stereocenters. The van der Waals surface area contributed by atoms with Crippen molar-refractivity contribution in [2.24, 2.45) is 11.3 Å². The lowest BCUT2D eigenvalue weighted by molar-refractivity contribution is -0.130. The Morgan fingerprint density at radius 1 is 1.19 bits per heavy atom. The predicted octanol–water partition coefficient (Wildman–Crippen LogP) is 3.03. The molecule has 26 heavy (non-hydrogen) atoms. The zero-order chi connectivity index (χ0) is 18.1. The first-order valence-corrected chi connectivity index (χ1v) is 10.1. The minimum atomic E-state index is 0.102. The number of piperidine rings is 1. The number of nitrogens with zero attached hydrogens (tertiary/aromatic N) is 3. The molecule has 4 rings (SSSR count). The summed E-state index contributed by atoms with van der Waals surface area (Å²) in [6.07, 6.45) is 9.11. The zero-order valence-electron chi connectivity index (χ0n) is 15.7. The molecule has 1 spiro atoms. The van der Waals surface area contributed by atoms with Crippen molar-refractivity contribution >= 4 is 11.8 Å². The van der Waals surface area contributed by atoms with Gasteiger partial charge in [0.2, 0.25) is 5.91 Å². The van der Waals surface area contributed by atoms with Gasteiger partial charge in [-0.15, -0.1) is 0 Å². The predicted molar refractivity (Wildman–Crippen MR) is 99.7 cm³/mol. The van der Waals surface area contributed by atoms with Gasteiger partial charge in [0, 0.05) is 44.5 Å². The summed E-state index contributed by atoms with van der Waals surface area (Å²) < 4.78 is 0. The van der Waals surface area contributed by atoms with Crippen LogP contribution in [0.2, 0.25) is 0 Å². The molecule has 140 valence electrons. The molecule has 1 aromatic heterocycles. The van der Waals surface area contributed by atoms with E-state index < -0.39 is 0 Å². The number of carbonyl (C=O) groups is 2. The second kappa shape index (κ2) is 7.01. The van der Waals surface area contributed by atoms with Crippen LogP contribution < -0.4 is 0 Å². The smallest absolute Gasteiger partial charge is 0.255 e. The molecule has 1 aromatic rings. The molecule has 0 N–H and O–H groups in total. The Bertz CT molecular complexity index is 690. The third kappa shape index (κ3) is 3.62. The van der Waals surface area contributed by atoms with Crippen LogP contribution in [0.4, 0.5) is 0 Å². The van der Waals surface area contributed by atoms with E-state index in [0.29, 0.717) is 12.3 Å². The van der Waals surface area contributed by atoms with Crippen LogP contribution in [0, 0.1) is 18.3 Å². The Morgan fingerprint density at radius 2 is 1.92 bits per heavy atom. The Hall–Kier alpha value is -1.91. The van der Waals surface area contributed by atoms with Crippen LogP contribution in [0.1, 0.15) is 61.0 Å². The van der Waals surface area contributed by atoms with E-state index in [1.807, 2.05) is 24.0 Å². The Kier molecular flexibility index (Phi) is 4.72. The summed E-state index contributed by atoms with van der Waals surface area (Å²) in [5.74, 6) is 1.21. The molecule has 3 heterocycles. The lowest BCUT2D eigenvalue weighted by Gasteiger charge is -2.41. The van der Waals surface area contributed by atoms with Crippen molar-refractivity contribution in [2.75, 3.05) is 26.2 Å². The fourth-order valence-corrected chi connectivity index (χ4v) is 4.52. The first-order valence-electron chi connectivity index (χ1n) is 10.1. The van der Waals surface area contributed by atoms with E-state index in [2.05, 4.69) is 9.88 Å². The summed E-state index contributed by atoms with van der Waals surface area (Å²) in [6, 6.07) is 3.70. The van der Waals surface area contributed by atoms with Crippen molar-refractivity contribution in [3.63, 3.8) is 0 Å². The lowest BCUT2D eigenvalue weighted by Crippen LogP contribution is -2.43. The maximum absolute atomic E-state index is 12.8. The second-order valence-corrected chi connectivity index (χ2v) is 8.46. The van der Waals surface area contributed by atoms with Gasteiger partial charge < -0.3 is 9.80 Å². The number of pyridine rings is 1. The molecule has 3 aliphatic rings. The number of aryl methyl sites for hydroxylation is 1. The van der Waals surface area contributed by atoms with E-state index in [0.717, 1.165) is 69.0 Å². The van der Waals surface area contributed by atoms with Crippen LogP contribution in [0.25, 0.3) is 0 Å². The van der Waals surface area contributed by atoms with Gasteiger partial charge in [-0.1, -0.05) is 0 Å². The Morgan fingerprint density at radius 3 is 2.62 bits per heavy atom. The molecule has 0 radical (unpaired) electrons. The van der Waals surface area contributed by atoms with Crippen molar-refractivity contribution in [2.45, 2.75) is 51.9 Å². The lowest BCUT2D eigenvalue weighted by atomic mass is 9.73. The number of hydrogen-bond donors (Lipinski definition) is 0. The molecule has 1 saturated carbocycles. The normalized spacial score (nSPS) is 23.2. The highest BCUT2D eigenvalue weighted by Crippen LogP contribution is 2.42.